The monoisotopic (exact) mass is 236 g/mol. The summed E-state index contributed by atoms with van der Waals surface area (Å²) in [5.74, 6) is 0.161. The molecule has 0 atom stereocenters. The van der Waals surface area contributed by atoms with Crippen LogP contribution in [0.1, 0.15) is 0 Å². The van der Waals surface area contributed by atoms with E-state index in [-0.39, 0.29) is 35.3 Å². The molecule has 5 nitrogen and oxygen atoms in total. The minimum atomic E-state index is -4.48. The van der Waals surface area contributed by atoms with Crippen LogP contribution in [0.3, 0.4) is 0 Å². The fourth-order valence-electron chi connectivity index (χ4n) is 1.25. The van der Waals surface area contributed by atoms with E-state index in [1.807, 2.05) is 6.07 Å². The number of phosphoric ester groups is 1. The molecule has 0 fully saturated rings. The summed E-state index contributed by atoms with van der Waals surface area (Å²) in [6, 6.07) is 7.10. The van der Waals surface area contributed by atoms with E-state index in [0.717, 1.165) is 5.52 Å². The van der Waals surface area contributed by atoms with Crippen LogP contribution in [0.2, 0.25) is 0 Å². The van der Waals surface area contributed by atoms with Crippen molar-refractivity contribution in [2.75, 3.05) is 0 Å². The molecular weight excluding hydrogens is 228 g/mol. The average Bonchev–Trinajstić information content (AvgIpc) is 2.47. The minimum absolute atomic E-state index is 0. The summed E-state index contributed by atoms with van der Waals surface area (Å²) >= 11 is 0. The first-order valence-corrected chi connectivity index (χ1v) is 5.40. The molecule has 1 heterocycles. The summed E-state index contributed by atoms with van der Waals surface area (Å²) in [7, 11) is -4.48. The molecule has 0 aliphatic carbocycles. The number of benzene rings is 1. The topological polar surface area (TPSA) is 82.6 Å². The van der Waals surface area contributed by atoms with Gasteiger partial charge in [0.25, 0.3) is 0 Å². The standard InChI is InChI=1S/C8H8NO4P.Na/c10-14(11,12)13-8-5-9-7-4-2-1-3-6(7)8;/h1-5,9H,(H2,10,11,12);. The van der Waals surface area contributed by atoms with Crippen molar-refractivity contribution in [3.8, 4) is 5.75 Å². The van der Waals surface area contributed by atoms with Crippen LogP contribution in [0.4, 0.5) is 0 Å². The Morgan fingerprint density at radius 2 is 1.93 bits per heavy atom. The van der Waals surface area contributed by atoms with Crippen LogP contribution in [0.25, 0.3) is 10.9 Å². The molecule has 75 valence electrons. The van der Waals surface area contributed by atoms with E-state index in [0.29, 0.717) is 5.39 Å². The van der Waals surface area contributed by atoms with E-state index < -0.39 is 7.82 Å². The Morgan fingerprint density at radius 1 is 1.27 bits per heavy atom. The fourth-order valence-corrected chi connectivity index (χ4v) is 1.66. The Bertz CT molecular complexity index is 506. The smallest absolute Gasteiger partial charge is 0.402 e. The van der Waals surface area contributed by atoms with Gasteiger partial charge in [0.05, 0.1) is 0 Å². The molecule has 0 bridgehead atoms. The zero-order valence-electron chi connectivity index (χ0n) is 8.04. The van der Waals surface area contributed by atoms with Crippen molar-refractivity contribution in [2.45, 2.75) is 0 Å². The predicted molar refractivity (Wildman–Crippen MR) is 56.7 cm³/mol. The molecule has 3 N–H and O–H groups in total. The molecule has 0 aliphatic rings. The zero-order valence-corrected chi connectivity index (χ0v) is 10.9. The molecule has 0 saturated carbocycles. The maximum absolute atomic E-state index is 10.6. The van der Waals surface area contributed by atoms with E-state index in [2.05, 4.69) is 9.51 Å². The number of rotatable bonds is 2. The maximum atomic E-state index is 10.6. The van der Waals surface area contributed by atoms with Gasteiger partial charge in [-0.2, -0.15) is 0 Å². The third-order valence-electron chi connectivity index (χ3n) is 1.77. The number of phosphoric acid groups is 1. The van der Waals surface area contributed by atoms with Crippen molar-refractivity contribution in [3.63, 3.8) is 0 Å². The summed E-state index contributed by atoms with van der Waals surface area (Å²) in [5, 5.41) is 0.649. The molecule has 2 aromatic rings. The summed E-state index contributed by atoms with van der Waals surface area (Å²) in [4.78, 5) is 20.1. The van der Waals surface area contributed by atoms with Gasteiger partial charge in [0, 0.05) is 46.7 Å². The predicted octanol–water partition coefficient (Wildman–Crippen LogP) is 1.26. The molecule has 1 aromatic carbocycles. The van der Waals surface area contributed by atoms with Gasteiger partial charge in [-0.05, 0) is 12.1 Å². The van der Waals surface area contributed by atoms with Crippen LogP contribution in [-0.4, -0.2) is 44.3 Å². The molecule has 7 heteroatoms. The summed E-state index contributed by atoms with van der Waals surface area (Å²) in [5.41, 5.74) is 0.774. The number of aromatic amines is 1. The fraction of sp³-hybridized carbons (Fsp3) is 0. The second-order valence-electron chi connectivity index (χ2n) is 2.78. The van der Waals surface area contributed by atoms with Gasteiger partial charge in [0.2, 0.25) is 0 Å². The number of para-hydroxylation sites is 1. The molecular formula is C8H8NNaO4P. The van der Waals surface area contributed by atoms with Gasteiger partial charge < -0.3 is 9.51 Å². The zero-order chi connectivity index (χ0) is 10.2. The third-order valence-corrected chi connectivity index (χ3v) is 2.20. The molecule has 0 amide bonds. The van der Waals surface area contributed by atoms with Gasteiger partial charge in [-0.3, -0.25) is 9.79 Å². The normalized spacial score (nSPS) is 11.1. The molecule has 1 aromatic heterocycles. The van der Waals surface area contributed by atoms with Crippen molar-refractivity contribution >= 4 is 48.3 Å². The van der Waals surface area contributed by atoms with Crippen molar-refractivity contribution in [1.29, 1.82) is 0 Å². The van der Waals surface area contributed by atoms with Crippen molar-refractivity contribution in [3.05, 3.63) is 30.5 Å². The van der Waals surface area contributed by atoms with E-state index in [1.165, 1.54) is 6.20 Å². The number of hydrogen-bond donors (Lipinski definition) is 3. The van der Waals surface area contributed by atoms with Gasteiger partial charge in [-0.25, -0.2) is 4.57 Å². The molecule has 0 spiro atoms. The number of H-pyrrole nitrogens is 1. The van der Waals surface area contributed by atoms with E-state index in [4.69, 9.17) is 9.79 Å². The number of hydrogen-bond acceptors (Lipinski definition) is 2. The SMILES string of the molecule is O=P(O)(O)Oc1c[nH]c2ccccc12.[Na]. The van der Waals surface area contributed by atoms with Crippen LogP contribution in [0.5, 0.6) is 5.75 Å². The Balaban J connectivity index is 0.00000112. The summed E-state index contributed by atoms with van der Waals surface area (Å²) in [6.07, 6.45) is 1.42. The van der Waals surface area contributed by atoms with Crippen LogP contribution in [-0.2, 0) is 4.57 Å². The maximum Gasteiger partial charge on any atom is 0.524 e. The first-order valence-electron chi connectivity index (χ1n) is 3.87. The molecule has 15 heavy (non-hydrogen) atoms. The van der Waals surface area contributed by atoms with Crippen LogP contribution < -0.4 is 4.52 Å². The van der Waals surface area contributed by atoms with Gasteiger partial charge in [0.15, 0.2) is 5.75 Å². The molecule has 1 radical (unpaired) electrons. The summed E-state index contributed by atoms with van der Waals surface area (Å²) in [6.45, 7) is 0. The van der Waals surface area contributed by atoms with E-state index >= 15 is 0 Å². The van der Waals surface area contributed by atoms with E-state index in [9.17, 15) is 4.57 Å². The van der Waals surface area contributed by atoms with E-state index in [1.54, 1.807) is 18.2 Å². The van der Waals surface area contributed by atoms with Crippen LogP contribution in [0.15, 0.2) is 30.5 Å². The second-order valence-corrected chi connectivity index (χ2v) is 3.94. The third kappa shape index (κ3) is 3.08. The van der Waals surface area contributed by atoms with Crippen LogP contribution in [0, 0.1) is 0 Å². The molecule has 2 rings (SSSR count). The quantitative estimate of drug-likeness (QED) is 0.541. The Hall–Kier alpha value is -0.290. The minimum Gasteiger partial charge on any atom is -0.402 e. The van der Waals surface area contributed by atoms with Gasteiger partial charge in [-0.15, -0.1) is 0 Å². The Kier molecular flexibility index (Phi) is 4.00. The first kappa shape index (κ1) is 12.8. The summed E-state index contributed by atoms with van der Waals surface area (Å²) < 4.78 is 15.1. The number of fused-ring (bicyclic) bond motifs is 1. The number of nitrogens with one attached hydrogen (secondary N) is 1. The van der Waals surface area contributed by atoms with Crippen molar-refractivity contribution in [2.24, 2.45) is 0 Å². The van der Waals surface area contributed by atoms with Gasteiger partial charge >= 0.3 is 7.82 Å². The van der Waals surface area contributed by atoms with Crippen molar-refractivity contribution in [1.82, 2.24) is 4.98 Å². The van der Waals surface area contributed by atoms with Crippen molar-refractivity contribution < 1.29 is 18.9 Å². The average molecular weight is 236 g/mol. The largest absolute Gasteiger partial charge is 0.524 e. The Labute approximate surface area is 108 Å². The molecule has 0 aliphatic heterocycles. The second kappa shape index (κ2) is 4.70. The first-order chi connectivity index (χ1) is 6.56. The number of aromatic nitrogens is 1. The van der Waals surface area contributed by atoms with Gasteiger partial charge in [0.1, 0.15) is 0 Å². The van der Waals surface area contributed by atoms with Gasteiger partial charge in [-0.1, -0.05) is 12.1 Å². The Morgan fingerprint density at radius 3 is 2.60 bits per heavy atom. The van der Waals surface area contributed by atoms with Crippen LogP contribution >= 0.6 is 7.82 Å². The molecule has 0 saturated heterocycles. The molecule has 0 unspecified atom stereocenters.